The smallest absolute Gasteiger partial charge is 0.264 e. The van der Waals surface area contributed by atoms with E-state index in [1.165, 1.54) is 23.5 Å². The molecule has 4 rings (SSSR count). The highest BCUT2D eigenvalue weighted by Gasteiger charge is 2.29. The van der Waals surface area contributed by atoms with Crippen LogP contribution in [-0.4, -0.2) is 34.6 Å². The van der Waals surface area contributed by atoms with Crippen molar-refractivity contribution in [3.8, 4) is 11.5 Å². The van der Waals surface area contributed by atoms with Gasteiger partial charge in [-0.05, 0) is 73.0 Å². The molecule has 1 aliphatic heterocycles. The van der Waals surface area contributed by atoms with Crippen molar-refractivity contribution >= 4 is 27.3 Å². The molecule has 1 aliphatic rings. The Morgan fingerprint density at radius 2 is 1.79 bits per heavy atom. The van der Waals surface area contributed by atoms with Gasteiger partial charge in [-0.2, -0.15) is 0 Å². The number of hydrogen-bond donors (Lipinski definition) is 1. The number of anilines is 2. The number of halogens is 1. The van der Waals surface area contributed by atoms with E-state index in [-0.39, 0.29) is 17.4 Å². The van der Waals surface area contributed by atoms with Crippen molar-refractivity contribution in [2.45, 2.75) is 17.7 Å². The molecule has 3 aromatic carbocycles. The Hall–Kier alpha value is -3.59. The third kappa shape index (κ3) is 4.93. The monoisotopic (exact) mass is 470 g/mol. The third-order valence-electron chi connectivity index (χ3n) is 5.27. The van der Waals surface area contributed by atoms with E-state index < -0.39 is 15.8 Å². The van der Waals surface area contributed by atoms with E-state index in [9.17, 15) is 17.6 Å². The van der Waals surface area contributed by atoms with Gasteiger partial charge in [0.1, 0.15) is 5.82 Å². The van der Waals surface area contributed by atoms with Crippen LogP contribution in [0.5, 0.6) is 11.5 Å². The molecule has 0 spiro atoms. The maximum atomic E-state index is 13.2. The van der Waals surface area contributed by atoms with Crippen LogP contribution in [-0.2, 0) is 21.2 Å². The standard InChI is InChI=1S/C24H23FN2O5S/c1-31-22-6-2-3-7-23(22)32-16-24(28)26-19-10-13-21-17(15-19)5-4-14-27(21)33(29,30)20-11-8-18(25)9-12-20/h2-3,6-13,15H,4-5,14,16H2,1H3,(H,26,28). The Balaban J connectivity index is 1.48. The van der Waals surface area contributed by atoms with Crippen molar-refractivity contribution in [1.29, 1.82) is 0 Å². The minimum absolute atomic E-state index is 0.0302. The van der Waals surface area contributed by atoms with Crippen LogP contribution >= 0.6 is 0 Å². The van der Waals surface area contributed by atoms with Crippen LogP contribution < -0.4 is 19.1 Å². The quantitative estimate of drug-likeness (QED) is 0.564. The number of nitrogens with one attached hydrogen (secondary N) is 1. The number of aryl methyl sites for hydroxylation is 1. The number of amides is 1. The molecule has 0 bridgehead atoms. The summed E-state index contributed by atoms with van der Waals surface area (Å²) in [6.07, 6.45) is 1.30. The van der Waals surface area contributed by atoms with E-state index in [4.69, 9.17) is 9.47 Å². The molecule has 0 aliphatic carbocycles. The van der Waals surface area contributed by atoms with Crippen LogP contribution in [0.4, 0.5) is 15.8 Å². The highest BCUT2D eigenvalue weighted by atomic mass is 32.2. The SMILES string of the molecule is COc1ccccc1OCC(=O)Nc1ccc2c(c1)CCCN2S(=O)(=O)c1ccc(F)cc1. The Kier molecular flexibility index (Phi) is 6.50. The van der Waals surface area contributed by atoms with E-state index in [0.717, 1.165) is 17.7 Å². The van der Waals surface area contributed by atoms with E-state index >= 15 is 0 Å². The predicted octanol–water partition coefficient (Wildman–Crippen LogP) is 3.99. The summed E-state index contributed by atoms with van der Waals surface area (Å²) in [4.78, 5) is 12.4. The highest BCUT2D eigenvalue weighted by Crippen LogP contribution is 2.34. The number of methoxy groups -OCH3 is 1. The Morgan fingerprint density at radius 1 is 1.06 bits per heavy atom. The van der Waals surface area contributed by atoms with Gasteiger partial charge in [-0.1, -0.05) is 12.1 Å². The fourth-order valence-electron chi connectivity index (χ4n) is 3.70. The molecule has 0 saturated heterocycles. The van der Waals surface area contributed by atoms with E-state index in [0.29, 0.717) is 42.3 Å². The molecule has 7 nitrogen and oxygen atoms in total. The molecule has 0 saturated carbocycles. The molecule has 0 fully saturated rings. The Labute approximate surface area is 191 Å². The van der Waals surface area contributed by atoms with Gasteiger partial charge in [-0.25, -0.2) is 12.8 Å². The van der Waals surface area contributed by atoms with E-state index in [1.807, 2.05) is 0 Å². The van der Waals surface area contributed by atoms with Crippen molar-refractivity contribution in [2.75, 3.05) is 29.9 Å². The second-order valence-corrected chi connectivity index (χ2v) is 9.33. The largest absolute Gasteiger partial charge is 0.493 e. The van der Waals surface area contributed by atoms with Gasteiger partial charge in [-0.3, -0.25) is 9.10 Å². The van der Waals surface area contributed by atoms with Crippen molar-refractivity contribution in [1.82, 2.24) is 0 Å². The summed E-state index contributed by atoms with van der Waals surface area (Å²) in [5.41, 5.74) is 1.90. The molecule has 0 aromatic heterocycles. The van der Waals surface area contributed by atoms with Crippen LogP contribution in [0.15, 0.2) is 71.6 Å². The average Bonchev–Trinajstić information content (AvgIpc) is 2.82. The second-order valence-electron chi connectivity index (χ2n) is 7.47. The fourth-order valence-corrected chi connectivity index (χ4v) is 5.24. The Bertz CT molecular complexity index is 1260. The molecule has 1 N–H and O–H groups in total. The van der Waals surface area contributed by atoms with Gasteiger partial charge in [0.05, 0.1) is 17.7 Å². The summed E-state index contributed by atoms with van der Waals surface area (Å²) in [7, 11) is -2.30. The molecule has 0 radical (unpaired) electrons. The van der Waals surface area contributed by atoms with E-state index in [1.54, 1.807) is 42.5 Å². The lowest BCUT2D eigenvalue weighted by atomic mass is 10.0. The third-order valence-corrected chi connectivity index (χ3v) is 7.10. The number of rotatable bonds is 7. The lowest BCUT2D eigenvalue weighted by molar-refractivity contribution is -0.118. The molecule has 9 heteroatoms. The molecule has 0 atom stereocenters. The van der Waals surface area contributed by atoms with Crippen LogP contribution in [0.1, 0.15) is 12.0 Å². The molecule has 1 amide bonds. The normalized spacial score (nSPS) is 13.2. The van der Waals surface area contributed by atoms with Gasteiger partial charge in [0.15, 0.2) is 18.1 Å². The summed E-state index contributed by atoms with van der Waals surface area (Å²) < 4.78 is 51.5. The zero-order chi connectivity index (χ0) is 23.4. The van der Waals surface area contributed by atoms with Crippen LogP contribution in [0.3, 0.4) is 0 Å². The van der Waals surface area contributed by atoms with E-state index in [2.05, 4.69) is 5.32 Å². The van der Waals surface area contributed by atoms with Gasteiger partial charge in [0.25, 0.3) is 15.9 Å². The van der Waals surface area contributed by atoms with Crippen LogP contribution in [0, 0.1) is 5.82 Å². The zero-order valence-corrected chi connectivity index (χ0v) is 18.8. The summed E-state index contributed by atoms with van der Waals surface area (Å²) >= 11 is 0. The first-order valence-corrected chi connectivity index (χ1v) is 11.8. The number of nitrogens with zero attached hydrogens (tertiary/aromatic N) is 1. The average molecular weight is 471 g/mol. The fraction of sp³-hybridized carbons (Fsp3) is 0.208. The number of para-hydroxylation sites is 2. The maximum Gasteiger partial charge on any atom is 0.264 e. The number of fused-ring (bicyclic) bond motifs is 1. The minimum Gasteiger partial charge on any atom is -0.493 e. The van der Waals surface area contributed by atoms with Gasteiger partial charge >= 0.3 is 0 Å². The highest BCUT2D eigenvalue weighted by molar-refractivity contribution is 7.92. The lowest BCUT2D eigenvalue weighted by Gasteiger charge is -2.31. The van der Waals surface area contributed by atoms with Gasteiger partial charge in [0, 0.05) is 12.2 Å². The summed E-state index contributed by atoms with van der Waals surface area (Å²) in [5.74, 6) is 0.138. The van der Waals surface area contributed by atoms with Crippen molar-refractivity contribution in [2.24, 2.45) is 0 Å². The molecule has 172 valence electrons. The number of carbonyl (C=O) groups is 1. The van der Waals surface area contributed by atoms with Gasteiger partial charge < -0.3 is 14.8 Å². The van der Waals surface area contributed by atoms with Crippen molar-refractivity contribution < 1.29 is 27.1 Å². The number of hydrogen-bond acceptors (Lipinski definition) is 5. The maximum absolute atomic E-state index is 13.2. The topological polar surface area (TPSA) is 84.9 Å². The Morgan fingerprint density at radius 3 is 2.52 bits per heavy atom. The van der Waals surface area contributed by atoms with Crippen LogP contribution in [0.25, 0.3) is 0 Å². The van der Waals surface area contributed by atoms with Gasteiger partial charge in [-0.15, -0.1) is 0 Å². The van der Waals surface area contributed by atoms with Crippen molar-refractivity contribution in [3.63, 3.8) is 0 Å². The number of sulfonamides is 1. The number of benzene rings is 3. The lowest BCUT2D eigenvalue weighted by Crippen LogP contribution is -2.35. The first-order chi connectivity index (χ1) is 15.9. The molecule has 0 unspecified atom stereocenters. The van der Waals surface area contributed by atoms with Crippen LogP contribution in [0.2, 0.25) is 0 Å². The summed E-state index contributed by atoms with van der Waals surface area (Å²) in [5, 5.41) is 2.78. The molecular formula is C24H23FN2O5S. The second kappa shape index (κ2) is 9.50. The minimum atomic E-state index is -3.83. The van der Waals surface area contributed by atoms with Gasteiger partial charge in [0.2, 0.25) is 0 Å². The first kappa shape index (κ1) is 22.6. The first-order valence-electron chi connectivity index (χ1n) is 10.4. The summed E-state index contributed by atoms with van der Waals surface area (Å²) in [6, 6.07) is 16.9. The zero-order valence-electron chi connectivity index (χ0n) is 18.0. The predicted molar refractivity (Wildman–Crippen MR) is 123 cm³/mol. The van der Waals surface area contributed by atoms with Crippen molar-refractivity contribution in [3.05, 3.63) is 78.1 Å². The summed E-state index contributed by atoms with van der Waals surface area (Å²) in [6.45, 7) is 0.119. The molecule has 33 heavy (non-hydrogen) atoms. The molecule has 3 aromatic rings. The molecular weight excluding hydrogens is 447 g/mol. The number of carbonyl (C=O) groups excluding carboxylic acids is 1. The molecule has 1 heterocycles. The number of ether oxygens (including phenoxy) is 2.